The fourth-order valence-corrected chi connectivity index (χ4v) is 5.71. The fraction of sp³-hybridized carbons (Fsp3) is 0.417. The van der Waals surface area contributed by atoms with Crippen molar-refractivity contribution in [3.05, 3.63) is 54.1 Å². The van der Waals surface area contributed by atoms with E-state index in [1.54, 1.807) is 18.3 Å². The van der Waals surface area contributed by atoms with Crippen molar-refractivity contribution in [1.29, 1.82) is 0 Å². The Hall–Kier alpha value is -2.44. The summed E-state index contributed by atoms with van der Waals surface area (Å²) in [4.78, 5) is 21.2. The van der Waals surface area contributed by atoms with Crippen LogP contribution in [0.3, 0.4) is 0 Å². The van der Waals surface area contributed by atoms with E-state index < -0.39 is 0 Å². The van der Waals surface area contributed by atoms with Crippen LogP contribution in [0.25, 0.3) is 10.2 Å². The van der Waals surface area contributed by atoms with Crippen LogP contribution in [0.2, 0.25) is 0 Å². The summed E-state index contributed by atoms with van der Waals surface area (Å²) in [7, 11) is 0. The van der Waals surface area contributed by atoms with Crippen molar-refractivity contribution in [3.63, 3.8) is 0 Å². The standard InChI is InChI=1S/C24H27N3O2S/c1-17(28)27-13-4-5-19-12-14-26(16-22(19)27)15-18-8-10-20(11-9-18)29-24-25-21-6-2-3-7-23(21)30-24/h2-3,6-11,19,22H,4-5,12-16H2,1H3/t19-,22-/m0/s1. The highest BCUT2D eigenvalue weighted by Crippen LogP contribution is 2.33. The molecule has 2 fully saturated rings. The molecule has 3 heterocycles. The molecule has 0 bridgehead atoms. The zero-order valence-corrected chi connectivity index (χ0v) is 18.1. The van der Waals surface area contributed by atoms with Crippen molar-refractivity contribution in [2.45, 2.75) is 38.8 Å². The molecule has 5 nitrogen and oxygen atoms in total. The van der Waals surface area contributed by atoms with Crippen molar-refractivity contribution in [2.75, 3.05) is 19.6 Å². The zero-order valence-electron chi connectivity index (χ0n) is 17.3. The van der Waals surface area contributed by atoms with Gasteiger partial charge in [-0.1, -0.05) is 35.6 Å². The van der Waals surface area contributed by atoms with Gasteiger partial charge < -0.3 is 9.64 Å². The smallest absolute Gasteiger partial charge is 0.279 e. The van der Waals surface area contributed by atoms with Gasteiger partial charge in [0.1, 0.15) is 5.75 Å². The number of hydrogen-bond donors (Lipinski definition) is 0. The number of carbonyl (C=O) groups excluding carboxylic acids is 1. The lowest BCUT2D eigenvalue weighted by atomic mass is 9.83. The van der Waals surface area contributed by atoms with Crippen molar-refractivity contribution in [2.24, 2.45) is 5.92 Å². The van der Waals surface area contributed by atoms with Gasteiger partial charge in [-0.15, -0.1) is 0 Å². The second kappa shape index (κ2) is 8.36. The third-order valence-electron chi connectivity index (χ3n) is 6.39. The summed E-state index contributed by atoms with van der Waals surface area (Å²) in [6, 6.07) is 16.8. The number of amides is 1. The van der Waals surface area contributed by atoms with Crippen LogP contribution >= 0.6 is 11.3 Å². The van der Waals surface area contributed by atoms with Crippen molar-refractivity contribution < 1.29 is 9.53 Å². The molecular weight excluding hydrogens is 394 g/mol. The highest BCUT2D eigenvalue weighted by Gasteiger charge is 2.37. The maximum Gasteiger partial charge on any atom is 0.279 e. The number of para-hydroxylation sites is 1. The Bertz CT molecular complexity index is 999. The number of hydrogen-bond acceptors (Lipinski definition) is 5. The summed E-state index contributed by atoms with van der Waals surface area (Å²) in [5.41, 5.74) is 2.25. The van der Waals surface area contributed by atoms with E-state index in [0.717, 1.165) is 48.6 Å². The van der Waals surface area contributed by atoms with E-state index in [9.17, 15) is 4.79 Å². The number of nitrogens with zero attached hydrogens (tertiary/aromatic N) is 3. The second-order valence-electron chi connectivity index (χ2n) is 8.40. The van der Waals surface area contributed by atoms with E-state index in [0.29, 0.717) is 17.2 Å². The summed E-state index contributed by atoms with van der Waals surface area (Å²) in [5, 5.41) is 0.674. The molecule has 2 aliphatic rings. The average Bonchev–Trinajstić information content (AvgIpc) is 3.17. The largest absolute Gasteiger partial charge is 0.431 e. The molecule has 2 aromatic carbocycles. The van der Waals surface area contributed by atoms with Gasteiger partial charge in [0, 0.05) is 32.6 Å². The first-order valence-corrected chi connectivity index (χ1v) is 11.6. The normalized spacial score (nSPS) is 22.1. The Morgan fingerprint density at radius 3 is 2.77 bits per heavy atom. The van der Waals surface area contributed by atoms with Crippen molar-refractivity contribution in [3.8, 4) is 10.9 Å². The van der Waals surface area contributed by atoms with Gasteiger partial charge in [-0.3, -0.25) is 9.69 Å². The molecule has 0 unspecified atom stereocenters. The predicted molar refractivity (Wildman–Crippen MR) is 120 cm³/mol. The third-order valence-corrected chi connectivity index (χ3v) is 7.31. The Kier molecular flexibility index (Phi) is 5.44. The van der Waals surface area contributed by atoms with Crippen LogP contribution < -0.4 is 4.74 Å². The Morgan fingerprint density at radius 2 is 1.97 bits per heavy atom. The number of benzene rings is 2. The first-order chi connectivity index (χ1) is 14.7. The van der Waals surface area contributed by atoms with Gasteiger partial charge in [0.25, 0.3) is 5.19 Å². The molecule has 1 aromatic heterocycles. The topological polar surface area (TPSA) is 45.7 Å². The highest BCUT2D eigenvalue weighted by molar-refractivity contribution is 7.20. The summed E-state index contributed by atoms with van der Waals surface area (Å²) in [6.45, 7) is 5.63. The molecule has 6 heteroatoms. The van der Waals surface area contributed by atoms with Crippen LogP contribution in [0.15, 0.2) is 48.5 Å². The maximum absolute atomic E-state index is 12.1. The van der Waals surface area contributed by atoms with Gasteiger partial charge in [-0.2, -0.15) is 0 Å². The van der Waals surface area contributed by atoms with E-state index >= 15 is 0 Å². The van der Waals surface area contributed by atoms with Crippen molar-refractivity contribution >= 4 is 27.5 Å². The lowest BCUT2D eigenvalue weighted by Crippen LogP contribution is -2.56. The molecule has 5 rings (SSSR count). The Balaban J connectivity index is 1.22. The molecule has 0 N–H and O–H groups in total. The minimum Gasteiger partial charge on any atom is -0.431 e. The SMILES string of the molecule is CC(=O)N1CCC[C@H]2CCN(Cc3ccc(Oc4nc5ccccc5s4)cc3)C[C@@H]21. The number of fused-ring (bicyclic) bond motifs is 2. The minimum absolute atomic E-state index is 0.225. The first kappa shape index (κ1) is 19.5. The van der Waals surface area contributed by atoms with Crippen LogP contribution in [-0.4, -0.2) is 46.4 Å². The van der Waals surface area contributed by atoms with Crippen LogP contribution in [0.4, 0.5) is 0 Å². The molecule has 156 valence electrons. The Morgan fingerprint density at radius 1 is 1.13 bits per heavy atom. The maximum atomic E-state index is 12.1. The lowest BCUT2D eigenvalue weighted by Gasteiger charge is -2.47. The average molecular weight is 422 g/mol. The highest BCUT2D eigenvalue weighted by atomic mass is 32.1. The molecule has 3 aromatic rings. The summed E-state index contributed by atoms with van der Waals surface area (Å²) < 4.78 is 7.10. The molecule has 2 aliphatic heterocycles. The van der Waals surface area contributed by atoms with Crippen LogP contribution in [-0.2, 0) is 11.3 Å². The van der Waals surface area contributed by atoms with Gasteiger partial charge in [-0.05, 0) is 61.6 Å². The van der Waals surface area contributed by atoms with Gasteiger partial charge in [0.05, 0.1) is 10.2 Å². The third kappa shape index (κ3) is 4.07. The lowest BCUT2D eigenvalue weighted by molar-refractivity contribution is -0.136. The number of rotatable bonds is 4. The predicted octanol–water partition coefficient (Wildman–Crippen LogP) is 4.92. The molecule has 0 radical (unpaired) electrons. The number of carbonyl (C=O) groups is 1. The second-order valence-corrected chi connectivity index (χ2v) is 9.39. The van der Waals surface area contributed by atoms with Gasteiger partial charge in [0.15, 0.2) is 0 Å². The first-order valence-electron chi connectivity index (χ1n) is 10.8. The number of likely N-dealkylation sites (tertiary alicyclic amines) is 2. The monoisotopic (exact) mass is 421 g/mol. The fourth-order valence-electron chi connectivity index (χ4n) is 4.88. The number of ether oxygens (including phenoxy) is 1. The Labute approximate surface area is 181 Å². The molecule has 2 saturated heterocycles. The van der Waals surface area contributed by atoms with Gasteiger partial charge >= 0.3 is 0 Å². The molecule has 0 saturated carbocycles. The van der Waals surface area contributed by atoms with Crippen LogP contribution in [0.5, 0.6) is 10.9 Å². The molecule has 2 atom stereocenters. The van der Waals surface area contributed by atoms with Gasteiger partial charge in [0.2, 0.25) is 5.91 Å². The molecule has 1 amide bonds. The molecule has 0 aliphatic carbocycles. The quantitative estimate of drug-likeness (QED) is 0.600. The minimum atomic E-state index is 0.225. The number of piperidine rings is 2. The summed E-state index contributed by atoms with van der Waals surface area (Å²) in [6.07, 6.45) is 3.60. The van der Waals surface area contributed by atoms with Gasteiger partial charge in [-0.25, -0.2) is 4.98 Å². The number of thiazole rings is 1. The summed E-state index contributed by atoms with van der Waals surface area (Å²) >= 11 is 1.56. The van der Waals surface area contributed by atoms with E-state index in [1.165, 1.54) is 18.4 Å². The molecular formula is C24H27N3O2S. The van der Waals surface area contributed by atoms with Crippen LogP contribution in [0.1, 0.15) is 31.7 Å². The molecule has 0 spiro atoms. The van der Waals surface area contributed by atoms with E-state index in [4.69, 9.17) is 4.74 Å². The van der Waals surface area contributed by atoms with Crippen LogP contribution in [0, 0.1) is 5.92 Å². The number of aromatic nitrogens is 1. The van der Waals surface area contributed by atoms with E-state index in [-0.39, 0.29) is 5.91 Å². The zero-order chi connectivity index (χ0) is 20.5. The van der Waals surface area contributed by atoms with Crippen molar-refractivity contribution in [1.82, 2.24) is 14.8 Å². The summed E-state index contributed by atoms with van der Waals surface area (Å²) in [5.74, 6) is 1.71. The molecule has 30 heavy (non-hydrogen) atoms. The van der Waals surface area contributed by atoms with E-state index in [1.807, 2.05) is 30.3 Å². The van der Waals surface area contributed by atoms with E-state index in [2.05, 4.69) is 33.0 Å².